The Morgan fingerprint density at radius 3 is 2.47 bits per heavy atom. The summed E-state index contributed by atoms with van der Waals surface area (Å²) >= 11 is 0. The highest BCUT2D eigenvalue weighted by molar-refractivity contribution is 5.67. The molecule has 2 heterocycles. The molecule has 3 rings (SSSR count). The number of imidazole rings is 1. The monoisotopic (exact) mass is 252 g/mol. The van der Waals surface area contributed by atoms with Crippen LogP contribution in [0.4, 0.5) is 0 Å². The molecule has 0 bridgehead atoms. The van der Waals surface area contributed by atoms with Crippen molar-refractivity contribution >= 4 is 5.65 Å². The van der Waals surface area contributed by atoms with Crippen LogP contribution in [0, 0.1) is 13.8 Å². The lowest BCUT2D eigenvalue weighted by molar-refractivity contribution is 0.415. The summed E-state index contributed by atoms with van der Waals surface area (Å²) in [6.07, 6.45) is 2.07. The van der Waals surface area contributed by atoms with Gasteiger partial charge in [0, 0.05) is 17.5 Å². The maximum Gasteiger partial charge on any atom is 0.137 e. The van der Waals surface area contributed by atoms with Gasteiger partial charge in [-0.3, -0.25) is 0 Å². The smallest absolute Gasteiger partial charge is 0.137 e. The molecule has 2 aromatic heterocycles. The molecule has 0 fully saturated rings. The van der Waals surface area contributed by atoms with Gasteiger partial charge in [-0.15, -0.1) is 0 Å². The van der Waals surface area contributed by atoms with E-state index in [0.717, 1.165) is 28.3 Å². The zero-order valence-corrected chi connectivity index (χ0v) is 11.3. The van der Waals surface area contributed by atoms with Crippen molar-refractivity contribution < 1.29 is 4.74 Å². The number of rotatable bonds is 2. The maximum atomic E-state index is 5.18. The quantitative estimate of drug-likeness (QED) is 0.696. The summed E-state index contributed by atoms with van der Waals surface area (Å²) in [4.78, 5) is 4.72. The van der Waals surface area contributed by atoms with E-state index in [1.54, 1.807) is 7.11 Å². The zero-order valence-electron chi connectivity index (χ0n) is 11.3. The minimum Gasteiger partial charge on any atom is -0.497 e. The molecule has 3 heteroatoms. The molecule has 0 saturated carbocycles. The molecule has 0 radical (unpaired) electrons. The van der Waals surface area contributed by atoms with Crippen molar-refractivity contribution in [3.63, 3.8) is 0 Å². The molecule has 0 spiro atoms. The average molecular weight is 252 g/mol. The molecule has 96 valence electrons. The summed E-state index contributed by atoms with van der Waals surface area (Å²) in [5, 5.41) is 0. The fourth-order valence-corrected chi connectivity index (χ4v) is 2.29. The van der Waals surface area contributed by atoms with Crippen LogP contribution in [0.25, 0.3) is 16.9 Å². The van der Waals surface area contributed by atoms with Crippen molar-refractivity contribution in [2.24, 2.45) is 0 Å². The first kappa shape index (κ1) is 11.8. The number of hydrogen-bond donors (Lipinski definition) is 0. The van der Waals surface area contributed by atoms with Gasteiger partial charge < -0.3 is 9.14 Å². The lowest BCUT2D eigenvalue weighted by Gasteiger charge is -2.02. The first-order chi connectivity index (χ1) is 9.19. The second kappa shape index (κ2) is 4.43. The highest BCUT2D eigenvalue weighted by Gasteiger charge is 2.10. The highest BCUT2D eigenvalue weighted by atomic mass is 16.5. The Kier molecular flexibility index (Phi) is 2.75. The lowest BCUT2D eigenvalue weighted by atomic mass is 10.1. The first-order valence-electron chi connectivity index (χ1n) is 6.29. The molecular formula is C16H16N2O. The van der Waals surface area contributed by atoms with Crippen molar-refractivity contribution in [2.75, 3.05) is 7.11 Å². The largest absolute Gasteiger partial charge is 0.497 e. The molecule has 19 heavy (non-hydrogen) atoms. The SMILES string of the molecule is COc1ccc(-c2nc3cc(C)ccn3c2C)cc1. The Bertz CT molecular complexity index is 726. The molecular weight excluding hydrogens is 236 g/mol. The minimum absolute atomic E-state index is 0.862. The van der Waals surface area contributed by atoms with E-state index < -0.39 is 0 Å². The van der Waals surface area contributed by atoms with Gasteiger partial charge in [0.2, 0.25) is 0 Å². The summed E-state index contributed by atoms with van der Waals surface area (Å²) < 4.78 is 7.30. The third kappa shape index (κ3) is 1.97. The van der Waals surface area contributed by atoms with Gasteiger partial charge in [-0.2, -0.15) is 0 Å². The molecule has 0 N–H and O–H groups in total. The van der Waals surface area contributed by atoms with Gasteiger partial charge in [0.15, 0.2) is 0 Å². The minimum atomic E-state index is 0.862. The van der Waals surface area contributed by atoms with Gasteiger partial charge in [-0.1, -0.05) is 0 Å². The van der Waals surface area contributed by atoms with Crippen LogP contribution in [0.3, 0.4) is 0 Å². The third-order valence-electron chi connectivity index (χ3n) is 3.38. The van der Waals surface area contributed by atoms with Crippen LogP contribution in [0.2, 0.25) is 0 Å². The van der Waals surface area contributed by atoms with E-state index in [2.05, 4.69) is 36.6 Å². The molecule has 0 saturated heterocycles. The lowest BCUT2D eigenvalue weighted by Crippen LogP contribution is -1.88. The Labute approximate surface area is 112 Å². The Morgan fingerprint density at radius 1 is 1.05 bits per heavy atom. The van der Waals surface area contributed by atoms with Crippen molar-refractivity contribution in [3.05, 3.63) is 53.9 Å². The van der Waals surface area contributed by atoms with Crippen LogP contribution in [0.15, 0.2) is 42.6 Å². The highest BCUT2D eigenvalue weighted by Crippen LogP contribution is 2.25. The molecule has 3 nitrogen and oxygen atoms in total. The third-order valence-corrected chi connectivity index (χ3v) is 3.38. The molecule has 1 aromatic carbocycles. The Morgan fingerprint density at radius 2 is 1.79 bits per heavy atom. The van der Waals surface area contributed by atoms with E-state index in [1.165, 1.54) is 5.56 Å². The van der Waals surface area contributed by atoms with E-state index in [1.807, 2.05) is 24.3 Å². The van der Waals surface area contributed by atoms with Gasteiger partial charge in [-0.25, -0.2) is 4.98 Å². The van der Waals surface area contributed by atoms with Crippen LogP contribution < -0.4 is 4.74 Å². The predicted molar refractivity (Wildman–Crippen MR) is 76.7 cm³/mol. The Balaban J connectivity index is 2.15. The van der Waals surface area contributed by atoms with E-state index in [0.29, 0.717) is 0 Å². The molecule has 0 aliphatic rings. The fourth-order valence-electron chi connectivity index (χ4n) is 2.29. The summed E-state index contributed by atoms with van der Waals surface area (Å²) in [5.41, 5.74) is 5.50. The normalized spacial score (nSPS) is 10.9. The number of aromatic nitrogens is 2. The first-order valence-corrected chi connectivity index (χ1v) is 6.29. The van der Waals surface area contributed by atoms with Gasteiger partial charge in [0.25, 0.3) is 0 Å². The van der Waals surface area contributed by atoms with Gasteiger partial charge in [-0.05, 0) is 55.8 Å². The number of methoxy groups -OCH3 is 1. The molecule has 0 aliphatic carbocycles. The topological polar surface area (TPSA) is 26.5 Å². The fraction of sp³-hybridized carbons (Fsp3) is 0.188. The van der Waals surface area contributed by atoms with Crippen LogP contribution in [0.1, 0.15) is 11.3 Å². The zero-order chi connectivity index (χ0) is 13.4. The molecule has 0 aliphatic heterocycles. The van der Waals surface area contributed by atoms with E-state index in [4.69, 9.17) is 9.72 Å². The summed E-state index contributed by atoms with van der Waals surface area (Å²) in [7, 11) is 1.67. The van der Waals surface area contributed by atoms with E-state index in [9.17, 15) is 0 Å². The van der Waals surface area contributed by atoms with Crippen LogP contribution >= 0.6 is 0 Å². The van der Waals surface area contributed by atoms with E-state index >= 15 is 0 Å². The number of benzene rings is 1. The number of fused-ring (bicyclic) bond motifs is 1. The standard InChI is InChI=1S/C16H16N2O/c1-11-8-9-18-12(2)16(17-15(18)10-11)13-4-6-14(19-3)7-5-13/h4-10H,1-3H3. The molecule has 0 amide bonds. The van der Waals surface area contributed by atoms with Crippen LogP contribution in [-0.2, 0) is 0 Å². The Hall–Kier alpha value is -2.29. The summed E-state index contributed by atoms with van der Waals surface area (Å²) in [6.45, 7) is 4.17. The van der Waals surface area contributed by atoms with Crippen molar-refractivity contribution in [1.82, 2.24) is 9.38 Å². The summed E-state index contributed by atoms with van der Waals surface area (Å²) in [6, 6.07) is 12.2. The second-order valence-corrected chi connectivity index (χ2v) is 4.71. The molecule has 0 atom stereocenters. The number of pyridine rings is 1. The molecule has 3 aromatic rings. The van der Waals surface area contributed by atoms with Crippen molar-refractivity contribution in [1.29, 1.82) is 0 Å². The number of aryl methyl sites for hydroxylation is 2. The van der Waals surface area contributed by atoms with Gasteiger partial charge in [0.1, 0.15) is 11.4 Å². The van der Waals surface area contributed by atoms with E-state index in [-0.39, 0.29) is 0 Å². The second-order valence-electron chi connectivity index (χ2n) is 4.71. The van der Waals surface area contributed by atoms with Crippen molar-refractivity contribution in [2.45, 2.75) is 13.8 Å². The average Bonchev–Trinajstić information content (AvgIpc) is 2.75. The predicted octanol–water partition coefficient (Wildman–Crippen LogP) is 3.63. The van der Waals surface area contributed by atoms with Gasteiger partial charge in [0.05, 0.1) is 12.8 Å². The number of nitrogens with zero attached hydrogens (tertiary/aromatic N) is 2. The van der Waals surface area contributed by atoms with Crippen LogP contribution in [0.5, 0.6) is 5.75 Å². The number of ether oxygens (including phenoxy) is 1. The number of hydrogen-bond acceptors (Lipinski definition) is 2. The molecule has 0 unspecified atom stereocenters. The summed E-state index contributed by atoms with van der Waals surface area (Å²) in [5.74, 6) is 0.862. The van der Waals surface area contributed by atoms with Crippen molar-refractivity contribution in [3.8, 4) is 17.0 Å². The van der Waals surface area contributed by atoms with Gasteiger partial charge >= 0.3 is 0 Å². The maximum absolute atomic E-state index is 5.18. The van der Waals surface area contributed by atoms with Crippen LogP contribution in [-0.4, -0.2) is 16.5 Å².